The van der Waals surface area contributed by atoms with Gasteiger partial charge in [-0.05, 0) is 58.8 Å². The second-order valence-electron chi connectivity index (χ2n) is 9.60. The molecule has 0 atom stereocenters. The van der Waals surface area contributed by atoms with Gasteiger partial charge in [-0.2, -0.15) is 4.57 Å². The van der Waals surface area contributed by atoms with Gasteiger partial charge in [0.25, 0.3) is 0 Å². The largest absolute Gasteiger partial charge is 0.496 e. The Bertz CT molecular complexity index is 1840. The first-order valence-corrected chi connectivity index (χ1v) is 12.4. The van der Waals surface area contributed by atoms with Gasteiger partial charge in [0, 0.05) is 10.9 Å². The van der Waals surface area contributed by atoms with E-state index in [4.69, 9.17) is 14.2 Å². The zero-order chi connectivity index (χ0) is 25.1. The molecule has 1 aliphatic heterocycles. The molecule has 180 valence electrons. The Morgan fingerprint density at radius 3 is 2.19 bits per heavy atom. The number of rotatable bonds is 3. The van der Waals surface area contributed by atoms with E-state index in [1.807, 2.05) is 12.1 Å². The first-order valence-electron chi connectivity index (χ1n) is 12.4. The molecule has 0 fully saturated rings. The number of pyridine rings is 1. The number of aryl methyl sites for hydroxylation is 2. The van der Waals surface area contributed by atoms with Gasteiger partial charge in [0.05, 0.1) is 23.3 Å². The SMILES string of the molecule is COc1c(C)cc2c(ccc3c4ccc5c(c4c[n+](C)c23)OCO5)c1-c1ccc(-c2ccccc2)cc1. The molecule has 0 aliphatic carbocycles. The summed E-state index contributed by atoms with van der Waals surface area (Å²) in [4.78, 5) is 0. The van der Waals surface area contributed by atoms with Crippen LogP contribution in [0.2, 0.25) is 0 Å². The van der Waals surface area contributed by atoms with E-state index < -0.39 is 0 Å². The van der Waals surface area contributed by atoms with E-state index in [1.165, 1.54) is 27.4 Å². The second kappa shape index (κ2) is 8.24. The second-order valence-corrected chi connectivity index (χ2v) is 9.60. The monoisotopic (exact) mass is 484 g/mol. The summed E-state index contributed by atoms with van der Waals surface area (Å²) in [6.07, 6.45) is 2.15. The smallest absolute Gasteiger partial charge is 0.231 e. The molecule has 0 radical (unpaired) electrons. The van der Waals surface area contributed by atoms with Gasteiger partial charge < -0.3 is 14.2 Å². The molecule has 0 N–H and O–H groups in total. The van der Waals surface area contributed by atoms with Crippen LogP contribution < -0.4 is 18.8 Å². The molecule has 4 nitrogen and oxygen atoms in total. The third-order valence-electron chi connectivity index (χ3n) is 7.46. The Labute approximate surface area is 215 Å². The van der Waals surface area contributed by atoms with Gasteiger partial charge >= 0.3 is 0 Å². The molecule has 0 unspecified atom stereocenters. The van der Waals surface area contributed by atoms with Crippen LogP contribution in [0, 0.1) is 6.92 Å². The van der Waals surface area contributed by atoms with E-state index in [-0.39, 0.29) is 6.79 Å². The highest BCUT2D eigenvalue weighted by atomic mass is 16.7. The predicted octanol–water partition coefficient (Wildman–Crippen LogP) is 7.35. The number of hydrogen-bond donors (Lipinski definition) is 0. The summed E-state index contributed by atoms with van der Waals surface area (Å²) >= 11 is 0. The Morgan fingerprint density at radius 2 is 1.41 bits per heavy atom. The minimum absolute atomic E-state index is 0.263. The van der Waals surface area contributed by atoms with Gasteiger partial charge in [0.2, 0.25) is 12.3 Å². The number of hydrogen-bond acceptors (Lipinski definition) is 3. The summed E-state index contributed by atoms with van der Waals surface area (Å²) in [6.45, 7) is 2.39. The third-order valence-corrected chi connectivity index (χ3v) is 7.46. The zero-order valence-electron chi connectivity index (χ0n) is 21.0. The fourth-order valence-electron chi connectivity index (χ4n) is 5.80. The normalized spacial score (nSPS) is 12.5. The molecule has 7 rings (SSSR count). The van der Waals surface area contributed by atoms with Crippen molar-refractivity contribution < 1.29 is 18.8 Å². The molecule has 0 saturated heterocycles. The lowest BCUT2D eigenvalue weighted by Gasteiger charge is -2.17. The maximum Gasteiger partial charge on any atom is 0.231 e. The van der Waals surface area contributed by atoms with Crippen LogP contribution in [0.4, 0.5) is 0 Å². The van der Waals surface area contributed by atoms with Crippen molar-refractivity contribution in [2.24, 2.45) is 7.05 Å². The van der Waals surface area contributed by atoms with Gasteiger partial charge in [-0.3, -0.25) is 0 Å². The van der Waals surface area contributed by atoms with Crippen LogP contribution in [-0.4, -0.2) is 13.9 Å². The third kappa shape index (κ3) is 3.26. The van der Waals surface area contributed by atoms with E-state index in [2.05, 4.69) is 97.5 Å². The first kappa shape index (κ1) is 21.7. The summed E-state index contributed by atoms with van der Waals surface area (Å²) in [5.41, 5.74) is 6.94. The summed E-state index contributed by atoms with van der Waals surface area (Å²) in [5, 5.41) is 5.76. The molecule has 0 bridgehead atoms. The fraction of sp³-hybridized carbons (Fsp3) is 0.121. The molecule has 6 aromatic rings. The highest BCUT2D eigenvalue weighted by molar-refractivity contribution is 6.18. The lowest BCUT2D eigenvalue weighted by Crippen LogP contribution is -2.28. The number of aromatic nitrogens is 1. The van der Waals surface area contributed by atoms with Crippen molar-refractivity contribution in [2.45, 2.75) is 6.92 Å². The Hall–Kier alpha value is -4.57. The van der Waals surface area contributed by atoms with Gasteiger partial charge in [-0.25, -0.2) is 0 Å². The molecule has 37 heavy (non-hydrogen) atoms. The topological polar surface area (TPSA) is 31.6 Å². The van der Waals surface area contributed by atoms with E-state index in [0.29, 0.717) is 0 Å². The predicted molar refractivity (Wildman–Crippen MR) is 148 cm³/mol. The zero-order valence-corrected chi connectivity index (χ0v) is 21.0. The maximum atomic E-state index is 5.98. The molecule has 2 heterocycles. The van der Waals surface area contributed by atoms with Crippen molar-refractivity contribution in [2.75, 3.05) is 13.9 Å². The Morgan fingerprint density at radius 1 is 0.703 bits per heavy atom. The van der Waals surface area contributed by atoms with Crippen LogP contribution in [0.5, 0.6) is 17.2 Å². The van der Waals surface area contributed by atoms with Crippen LogP contribution in [-0.2, 0) is 7.05 Å². The number of benzene rings is 5. The highest BCUT2D eigenvalue weighted by Gasteiger charge is 2.24. The lowest BCUT2D eigenvalue weighted by molar-refractivity contribution is -0.642. The van der Waals surface area contributed by atoms with Crippen molar-refractivity contribution in [1.82, 2.24) is 0 Å². The summed E-state index contributed by atoms with van der Waals surface area (Å²) in [5.74, 6) is 2.53. The van der Waals surface area contributed by atoms with Gasteiger partial charge in [-0.1, -0.05) is 60.7 Å². The quantitative estimate of drug-likeness (QED) is 0.194. The van der Waals surface area contributed by atoms with E-state index in [9.17, 15) is 0 Å². The molecular weight excluding hydrogens is 458 g/mol. The molecule has 4 heteroatoms. The summed E-state index contributed by atoms with van der Waals surface area (Å²) < 4.78 is 19.6. The number of nitrogens with zero attached hydrogens (tertiary/aromatic N) is 1. The summed E-state index contributed by atoms with van der Waals surface area (Å²) in [7, 11) is 3.86. The Balaban J connectivity index is 1.50. The van der Waals surface area contributed by atoms with Gasteiger partial charge in [0.15, 0.2) is 17.7 Å². The number of ether oxygens (including phenoxy) is 3. The molecule has 0 amide bonds. The molecule has 1 aliphatic rings. The van der Waals surface area contributed by atoms with Gasteiger partial charge in [-0.15, -0.1) is 0 Å². The highest BCUT2D eigenvalue weighted by Crippen LogP contribution is 2.44. The summed E-state index contributed by atoms with van der Waals surface area (Å²) in [6, 6.07) is 30.1. The molecular formula is C33H26NO3+. The number of methoxy groups -OCH3 is 1. The van der Waals surface area contributed by atoms with Gasteiger partial charge in [0.1, 0.15) is 12.8 Å². The van der Waals surface area contributed by atoms with Crippen LogP contribution in [0.3, 0.4) is 0 Å². The van der Waals surface area contributed by atoms with Crippen molar-refractivity contribution in [3.8, 4) is 39.5 Å². The van der Waals surface area contributed by atoms with E-state index in [0.717, 1.165) is 50.1 Å². The van der Waals surface area contributed by atoms with Crippen LogP contribution in [0.15, 0.2) is 91.1 Å². The molecule has 0 saturated carbocycles. The van der Waals surface area contributed by atoms with E-state index in [1.54, 1.807) is 7.11 Å². The van der Waals surface area contributed by atoms with E-state index >= 15 is 0 Å². The van der Waals surface area contributed by atoms with Crippen LogP contribution in [0.1, 0.15) is 5.56 Å². The van der Waals surface area contributed by atoms with Crippen molar-refractivity contribution in [1.29, 1.82) is 0 Å². The van der Waals surface area contributed by atoms with Crippen molar-refractivity contribution >= 4 is 32.4 Å². The van der Waals surface area contributed by atoms with Crippen LogP contribution >= 0.6 is 0 Å². The molecule has 1 aromatic heterocycles. The maximum absolute atomic E-state index is 5.98. The van der Waals surface area contributed by atoms with Crippen molar-refractivity contribution in [3.63, 3.8) is 0 Å². The van der Waals surface area contributed by atoms with Crippen LogP contribution in [0.25, 0.3) is 54.7 Å². The lowest BCUT2D eigenvalue weighted by atomic mass is 9.91. The molecule has 5 aromatic carbocycles. The minimum atomic E-state index is 0.263. The Kier molecular flexibility index (Phi) is 4.83. The average molecular weight is 485 g/mol. The minimum Gasteiger partial charge on any atom is -0.496 e. The number of fused-ring (bicyclic) bond motifs is 7. The first-order chi connectivity index (χ1) is 18.1. The average Bonchev–Trinajstić information content (AvgIpc) is 3.42. The van der Waals surface area contributed by atoms with Crippen molar-refractivity contribution in [3.05, 3.63) is 96.7 Å². The standard InChI is InChI=1S/C33H26NO3/c1-20-17-27-25(30(32(20)35-3)23-11-9-22(10-12-23)21-7-5-4-6-8-21)13-14-26-24-15-16-29-33(37-19-36-29)28(24)18-34(2)31(26)27/h4-18H,19H2,1-3H3/q+1. The fourth-order valence-corrected chi connectivity index (χ4v) is 5.80. The molecule has 0 spiro atoms.